The smallest absolute Gasteiger partial charge is 0.267 e. The van der Waals surface area contributed by atoms with E-state index in [0.29, 0.717) is 27.4 Å². The van der Waals surface area contributed by atoms with Gasteiger partial charge in [-0.05, 0) is 49.7 Å². The van der Waals surface area contributed by atoms with Gasteiger partial charge in [0.15, 0.2) is 11.5 Å². The number of methoxy groups -OCH3 is 2. The number of hydrogen-bond donors (Lipinski definition) is 0. The van der Waals surface area contributed by atoms with Gasteiger partial charge in [0.2, 0.25) is 0 Å². The lowest BCUT2D eigenvalue weighted by molar-refractivity contribution is -0.123. The first-order valence-electron chi connectivity index (χ1n) is 8.82. The Morgan fingerprint density at radius 1 is 1.12 bits per heavy atom. The van der Waals surface area contributed by atoms with Gasteiger partial charge in [-0.2, -0.15) is 0 Å². The summed E-state index contributed by atoms with van der Waals surface area (Å²) in [5.41, 5.74) is 0.887. The van der Waals surface area contributed by atoms with Crippen LogP contribution in [0.4, 0.5) is 0 Å². The summed E-state index contributed by atoms with van der Waals surface area (Å²) in [7, 11) is 3.20. The van der Waals surface area contributed by atoms with E-state index in [2.05, 4.69) is 4.90 Å². The highest BCUT2D eigenvalue weighted by Gasteiger charge is 2.33. The third kappa shape index (κ3) is 4.39. The van der Waals surface area contributed by atoms with Crippen molar-refractivity contribution >= 4 is 40.3 Å². The molecule has 0 N–H and O–H groups in total. The fourth-order valence-electron chi connectivity index (χ4n) is 3.19. The van der Waals surface area contributed by atoms with Gasteiger partial charge in [-0.15, -0.1) is 0 Å². The van der Waals surface area contributed by atoms with Crippen LogP contribution in [-0.4, -0.2) is 54.0 Å². The molecule has 0 aromatic heterocycles. The van der Waals surface area contributed by atoms with Crippen molar-refractivity contribution in [2.45, 2.75) is 25.7 Å². The molecule has 7 heteroatoms. The van der Waals surface area contributed by atoms with Crippen LogP contribution in [0, 0.1) is 0 Å². The van der Waals surface area contributed by atoms with Gasteiger partial charge >= 0.3 is 0 Å². The molecule has 0 unspecified atom stereocenters. The van der Waals surface area contributed by atoms with Gasteiger partial charge in [0, 0.05) is 0 Å². The predicted molar refractivity (Wildman–Crippen MR) is 109 cm³/mol. The van der Waals surface area contributed by atoms with Crippen LogP contribution in [-0.2, 0) is 4.79 Å². The molecule has 2 aliphatic heterocycles. The fourth-order valence-corrected chi connectivity index (χ4v) is 4.43. The SMILES string of the molecule is COc1ccc(/C=C2\SC(=S)N(CN3CCCCCC3)C2=O)cc1OC. The van der Waals surface area contributed by atoms with E-state index in [1.54, 1.807) is 19.1 Å². The summed E-state index contributed by atoms with van der Waals surface area (Å²) in [6.45, 7) is 2.66. The molecule has 2 saturated heterocycles. The molecule has 2 aliphatic rings. The van der Waals surface area contributed by atoms with Gasteiger partial charge in [0.1, 0.15) is 4.32 Å². The highest BCUT2D eigenvalue weighted by atomic mass is 32.2. The highest BCUT2D eigenvalue weighted by Crippen LogP contribution is 2.34. The van der Waals surface area contributed by atoms with Crippen LogP contribution in [0.25, 0.3) is 6.08 Å². The molecular weight excluding hydrogens is 368 g/mol. The van der Waals surface area contributed by atoms with Crippen molar-refractivity contribution < 1.29 is 14.3 Å². The topological polar surface area (TPSA) is 42.0 Å². The van der Waals surface area contributed by atoms with Crippen molar-refractivity contribution in [1.29, 1.82) is 0 Å². The zero-order chi connectivity index (χ0) is 18.5. The minimum Gasteiger partial charge on any atom is -0.493 e. The van der Waals surface area contributed by atoms with E-state index in [1.165, 1.54) is 37.4 Å². The Labute approximate surface area is 164 Å². The Bertz CT molecular complexity index is 713. The molecule has 0 bridgehead atoms. The van der Waals surface area contributed by atoms with Crippen LogP contribution in [0.1, 0.15) is 31.2 Å². The Kier molecular flexibility index (Phi) is 6.56. The van der Waals surface area contributed by atoms with Gasteiger partial charge < -0.3 is 9.47 Å². The number of rotatable bonds is 5. The van der Waals surface area contributed by atoms with Crippen molar-refractivity contribution in [2.75, 3.05) is 34.0 Å². The quantitative estimate of drug-likeness (QED) is 0.562. The molecule has 140 valence electrons. The summed E-state index contributed by atoms with van der Waals surface area (Å²) >= 11 is 6.82. The number of nitrogens with zero attached hydrogens (tertiary/aromatic N) is 2. The second kappa shape index (κ2) is 8.88. The van der Waals surface area contributed by atoms with Crippen molar-refractivity contribution in [1.82, 2.24) is 9.80 Å². The normalized spacial score (nSPS) is 20.5. The fraction of sp³-hybridized carbons (Fsp3) is 0.474. The van der Waals surface area contributed by atoms with E-state index in [9.17, 15) is 4.79 Å². The molecule has 0 radical (unpaired) electrons. The maximum absolute atomic E-state index is 12.8. The van der Waals surface area contributed by atoms with E-state index in [1.807, 2.05) is 24.3 Å². The van der Waals surface area contributed by atoms with E-state index < -0.39 is 0 Å². The van der Waals surface area contributed by atoms with Crippen LogP contribution in [0.15, 0.2) is 23.1 Å². The summed E-state index contributed by atoms with van der Waals surface area (Å²) in [6, 6.07) is 5.60. The largest absolute Gasteiger partial charge is 0.493 e. The van der Waals surface area contributed by atoms with E-state index in [0.717, 1.165) is 18.7 Å². The van der Waals surface area contributed by atoms with Crippen molar-refractivity contribution in [3.8, 4) is 11.5 Å². The standard InChI is InChI=1S/C19H24N2O3S2/c1-23-15-8-7-14(11-16(15)24-2)12-17-18(22)21(19(25)26-17)13-20-9-5-3-4-6-10-20/h7-8,11-12H,3-6,9-10,13H2,1-2H3/b17-12-. The summed E-state index contributed by atoms with van der Waals surface area (Å²) in [5.74, 6) is 1.29. The van der Waals surface area contributed by atoms with Crippen LogP contribution in [0.5, 0.6) is 11.5 Å². The molecular formula is C19H24N2O3S2. The average molecular weight is 393 g/mol. The van der Waals surface area contributed by atoms with Crippen LogP contribution in [0.2, 0.25) is 0 Å². The Balaban J connectivity index is 1.74. The Hall–Kier alpha value is -1.57. The van der Waals surface area contributed by atoms with Gasteiger partial charge in [-0.3, -0.25) is 14.6 Å². The maximum atomic E-state index is 12.8. The number of thiocarbonyl (C=S) groups is 1. The van der Waals surface area contributed by atoms with E-state index in [-0.39, 0.29) is 5.91 Å². The zero-order valence-electron chi connectivity index (χ0n) is 15.2. The summed E-state index contributed by atoms with van der Waals surface area (Å²) in [4.78, 5) is 17.5. The molecule has 0 atom stereocenters. The molecule has 1 amide bonds. The van der Waals surface area contributed by atoms with Gasteiger partial charge in [0.25, 0.3) is 5.91 Å². The molecule has 2 heterocycles. The predicted octanol–water partition coefficient (Wildman–Crippen LogP) is 3.74. The average Bonchev–Trinajstić information content (AvgIpc) is 2.85. The number of carbonyl (C=O) groups is 1. The van der Waals surface area contributed by atoms with E-state index >= 15 is 0 Å². The van der Waals surface area contributed by atoms with Crippen LogP contribution >= 0.6 is 24.0 Å². The summed E-state index contributed by atoms with van der Waals surface area (Å²) in [5, 5.41) is 0. The molecule has 5 nitrogen and oxygen atoms in total. The number of benzene rings is 1. The second-order valence-corrected chi connectivity index (χ2v) is 8.07. The van der Waals surface area contributed by atoms with Crippen molar-refractivity contribution in [2.24, 2.45) is 0 Å². The third-order valence-corrected chi connectivity index (χ3v) is 6.00. The number of ether oxygens (including phenoxy) is 2. The number of thioether (sulfide) groups is 1. The molecule has 0 aliphatic carbocycles. The van der Waals surface area contributed by atoms with Gasteiger partial charge in [-0.1, -0.05) is 42.9 Å². The van der Waals surface area contributed by atoms with Crippen LogP contribution < -0.4 is 9.47 Å². The van der Waals surface area contributed by atoms with Gasteiger partial charge in [-0.25, -0.2) is 0 Å². The Morgan fingerprint density at radius 3 is 2.46 bits per heavy atom. The van der Waals surface area contributed by atoms with Crippen molar-refractivity contribution in [3.05, 3.63) is 28.7 Å². The first-order chi connectivity index (χ1) is 12.6. The zero-order valence-corrected chi connectivity index (χ0v) is 16.8. The first kappa shape index (κ1) is 19.2. The van der Waals surface area contributed by atoms with Gasteiger partial charge in [0.05, 0.1) is 25.8 Å². The number of amides is 1. The molecule has 3 rings (SSSR count). The lowest BCUT2D eigenvalue weighted by Gasteiger charge is -2.25. The second-order valence-electron chi connectivity index (χ2n) is 6.40. The number of likely N-dealkylation sites (tertiary alicyclic amines) is 1. The molecule has 0 saturated carbocycles. The Morgan fingerprint density at radius 2 is 1.81 bits per heavy atom. The monoisotopic (exact) mass is 392 g/mol. The van der Waals surface area contributed by atoms with E-state index in [4.69, 9.17) is 21.7 Å². The summed E-state index contributed by atoms with van der Waals surface area (Å²) in [6.07, 6.45) is 6.79. The maximum Gasteiger partial charge on any atom is 0.267 e. The lowest BCUT2D eigenvalue weighted by atomic mass is 10.2. The minimum absolute atomic E-state index is 0.0148. The third-order valence-electron chi connectivity index (χ3n) is 4.62. The molecule has 1 aromatic carbocycles. The molecule has 1 aromatic rings. The van der Waals surface area contributed by atoms with Crippen LogP contribution in [0.3, 0.4) is 0 Å². The molecule has 0 spiro atoms. The first-order valence-corrected chi connectivity index (χ1v) is 10.0. The summed E-state index contributed by atoms with van der Waals surface area (Å²) < 4.78 is 11.2. The molecule has 26 heavy (non-hydrogen) atoms. The number of carbonyl (C=O) groups excluding carboxylic acids is 1. The molecule has 2 fully saturated rings. The highest BCUT2D eigenvalue weighted by molar-refractivity contribution is 8.26. The van der Waals surface area contributed by atoms with Crippen molar-refractivity contribution in [3.63, 3.8) is 0 Å². The minimum atomic E-state index is -0.0148. The lowest BCUT2D eigenvalue weighted by Crippen LogP contribution is -2.40. The number of hydrogen-bond acceptors (Lipinski definition) is 6.